The van der Waals surface area contributed by atoms with E-state index in [9.17, 15) is 0 Å². The first-order valence-corrected chi connectivity index (χ1v) is 13.9. The molecule has 0 heterocycles. The van der Waals surface area contributed by atoms with E-state index in [1.165, 1.54) is 27.8 Å². The molecule has 29 heavy (non-hydrogen) atoms. The summed E-state index contributed by atoms with van der Waals surface area (Å²) in [5.41, 5.74) is 7.50. The molecule has 148 valence electrons. The van der Waals surface area contributed by atoms with Crippen molar-refractivity contribution in [1.82, 2.24) is 0 Å². The van der Waals surface area contributed by atoms with Gasteiger partial charge in [-0.15, -0.1) is 5.69 Å². The number of para-hydroxylation sites is 1. The summed E-state index contributed by atoms with van der Waals surface area (Å²) in [6, 6.07) is 27.7. The van der Waals surface area contributed by atoms with E-state index in [2.05, 4.69) is 87.5 Å². The Morgan fingerprint density at radius 2 is 1.34 bits per heavy atom. The SMILES string of the molecule is CC1=Cc2ccccc2C1c1ccccc1C(C)(C)[N-]c1ccccc1.[Cl][Ti][Cl]. The Labute approximate surface area is 190 Å². The normalized spacial score (nSPS) is 14.9. The van der Waals surface area contributed by atoms with Crippen LogP contribution in [0.15, 0.2) is 84.4 Å². The standard InChI is InChI=1S/C25H24N.2ClH.Ti/c1-18-17-19-11-7-8-14-21(19)24(18)22-15-9-10-16-23(22)25(2,3)26-20-12-5-4-6-13-20;;;/h4-17,24H,1-3H3;2*1H;/q-1;;;+2/p-2. The molecule has 0 spiro atoms. The van der Waals surface area contributed by atoms with E-state index in [1.54, 1.807) is 0 Å². The molecule has 0 fully saturated rings. The number of nitrogens with zero attached hydrogens (tertiary/aromatic N) is 1. The molecule has 1 aliphatic rings. The Bertz CT molecular complexity index is 983. The van der Waals surface area contributed by atoms with E-state index >= 15 is 0 Å². The fourth-order valence-corrected chi connectivity index (χ4v) is 4.08. The second-order valence-electron chi connectivity index (χ2n) is 7.62. The van der Waals surface area contributed by atoms with E-state index < -0.39 is 17.0 Å². The average Bonchev–Trinajstić information content (AvgIpc) is 3.04. The van der Waals surface area contributed by atoms with E-state index in [0.29, 0.717) is 5.92 Å². The van der Waals surface area contributed by atoms with Gasteiger partial charge in [0.1, 0.15) is 0 Å². The number of hydrogen-bond donors (Lipinski definition) is 0. The first-order chi connectivity index (χ1) is 14.0. The third-order valence-electron chi connectivity index (χ3n) is 5.24. The molecule has 0 saturated carbocycles. The number of fused-ring (bicyclic) bond motifs is 1. The number of allylic oxidation sites excluding steroid dienone is 1. The van der Waals surface area contributed by atoms with Gasteiger partial charge in [0.25, 0.3) is 0 Å². The van der Waals surface area contributed by atoms with Gasteiger partial charge in [-0.25, -0.2) is 0 Å². The molecular formula is C25H24Cl2NTi-. The van der Waals surface area contributed by atoms with Gasteiger partial charge in [0.15, 0.2) is 0 Å². The summed E-state index contributed by atoms with van der Waals surface area (Å²) < 4.78 is 0. The summed E-state index contributed by atoms with van der Waals surface area (Å²) in [6.45, 7) is 6.65. The zero-order valence-corrected chi connectivity index (χ0v) is 19.9. The minimum absolute atomic E-state index is 0.296. The number of hydrogen-bond acceptors (Lipinski definition) is 0. The van der Waals surface area contributed by atoms with E-state index in [4.69, 9.17) is 23.9 Å². The van der Waals surface area contributed by atoms with Gasteiger partial charge in [-0.2, -0.15) is 0 Å². The summed E-state index contributed by atoms with van der Waals surface area (Å²) in [5, 5.41) is 5.05. The zero-order valence-electron chi connectivity index (χ0n) is 16.9. The topological polar surface area (TPSA) is 14.1 Å². The maximum atomic E-state index is 5.05. The molecule has 0 saturated heterocycles. The zero-order chi connectivity index (χ0) is 20.9. The summed E-state index contributed by atoms with van der Waals surface area (Å²) >= 11 is -0.556. The number of benzene rings is 3. The van der Waals surface area contributed by atoms with Gasteiger partial charge in [0.05, 0.1) is 0 Å². The second kappa shape index (κ2) is 10.0. The van der Waals surface area contributed by atoms with Gasteiger partial charge in [-0.05, 0) is 23.6 Å². The molecule has 4 heteroatoms. The summed E-state index contributed by atoms with van der Waals surface area (Å²) in [6.07, 6.45) is 2.32. The van der Waals surface area contributed by atoms with Crippen molar-refractivity contribution >= 4 is 30.4 Å². The molecule has 0 N–H and O–H groups in total. The van der Waals surface area contributed by atoms with Crippen molar-refractivity contribution in [2.75, 3.05) is 0 Å². The molecular weight excluding hydrogens is 433 g/mol. The first-order valence-electron chi connectivity index (χ1n) is 9.58. The molecule has 3 aromatic carbocycles. The molecule has 0 radical (unpaired) electrons. The predicted molar refractivity (Wildman–Crippen MR) is 123 cm³/mol. The van der Waals surface area contributed by atoms with E-state index in [0.717, 1.165) is 5.69 Å². The van der Waals surface area contributed by atoms with Crippen molar-refractivity contribution in [1.29, 1.82) is 0 Å². The van der Waals surface area contributed by atoms with Crippen LogP contribution in [0.25, 0.3) is 11.4 Å². The van der Waals surface area contributed by atoms with Gasteiger partial charge in [-0.1, -0.05) is 115 Å². The van der Waals surface area contributed by atoms with Crippen LogP contribution in [-0.2, 0) is 22.6 Å². The van der Waals surface area contributed by atoms with Crippen molar-refractivity contribution in [3.05, 3.63) is 112 Å². The van der Waals surface area contributed by atoms with Crippen molar-refractivity contribution in [2.24, 2.45) is 0 Å². The summed E-state index contributed by atoms with van der Waals surface area (Å²) in [5.74, 6) is 0.313. The van der Waals surface area contributed by atoms with Crippen LogP contribution >= 0.6 is 18.6 Å². The van der Waals surface area contributed by atoms with Crippen LogP contribution in [0.5, 0.6) is 0 Å². The molecule has 0 bridgehead atoms. The Morgan fingerprint density at radius 3 is 2.03 bits per heavy atom. The van der Waals surface area contributed by atoms with Crippen LogP contribution in [-0.4, -0.2) is 0 Å². The van der Waals surface area contributed by atoms with Crippen LogP contribution in [0.1, 0.15) is 48.9 Å². The Balaban J connectivity index is 0.000000755. The Morgan fingerprint density at radius 1 is 0.793 bits per heavy atom. The van der Waals surface area contributed by atoms with Gasteiger partial charge in [-0.3, -0.25) is 0 Å². The van der Waals surface area contributed by atoms with Crippen LogP contribution in [0.2, 0.25) is 0 Å². The number of rotatable bonds is 4. The molecule has 1 aliphatic carbocycles. The van der Waals surface area contributed by atoms with Gasteiger partial charge >= 0.3 is 35.6 Å². The van der Waals surface area contributed by atoms with Gasteiger partial charge < -0.3 is 5.32 Å². The molecule has 0 amide bonds. The van der Waals surface area contributed by atoms with Gasteiger partial charge in [0, 0.05) is 5.92 Å². The first kappa shape index (κ1) is 22.2. The second-order valence-corrected chi connectivity index (χ2v) is 10.2. The fraction of sp³-hybridized carbons (Fsp3) is 0.200. The minimum atomic E-state index is -0.556. The number of halogens is 2. The fourth-order valence-electron chi connectivity index (χ4n) is 4.08. The molecule has 0 aliphatic heterocycles. The quantitative estimate of drug-likeness (QED) is 0.349. The van der Waals surface area contributed by atoms with Crippen LogP contribution in [0.3, 0.4) is 0 Å². The molecule has 1 unspecified atom stereocenters. The molecule has 4 rings (SSSR count). The van der Waals surface area contributed by atoms with Crippen molar-refractivity contribution in [2.45, 2.75) is 32.2 Å². The van der Waals surface area contributed by atoms with Crippen LogP contribution in [0.4, 0.5) is 5.69 Å². The Kier molecular flexibility index (Phi) is 7.65. The third kappa shape index (κ3) is 5.16. The molecule has 1 nitrogen and oxygen atoms in total. The molecule has 0 aromatic heterocycles. The van der Waals surface area contributed by atoms with Crippen molar-refractivity contribution < 1.29 is 17.0 Å². The monoisotopic (exact) mass is 456 g/mol. The predicted octanol–water partition coefficient (Wildman–Crippen LogP) is 8.55. The molecule has 3 aromatic rings. The molecule has 1 atom stereocenters. The maximum absolute atomic E-state index is 5.05. The van der Waals surface area contributed by atoms with Crippen molar-refractivity contribution in [3.8, 4) is 0 Å². The van der Waals surface area contributed by atoms with E-state index in [-0.39, 0.29) is 5.54 Å². The van der Waals surface area contributed by atoms with E-state index in [1.807, 2.05) is 18.2 Å². The Hall–Kier alpha value is -1.51. The average molecular weight is 457 g/mol. The summed E-state index contributed by atoms with van der Waals surface area (Å²) in [7, 11) is 9.78. The van der Waals surface area contributed by atoms with Gasteiger partial charge in [0.2, 0.25) is 0 Å². The van der Waals surface area contributed by atoms with Crippen LogP contribution in [0, 0.1) is 0 Å². The third-order valence-corrected chi connectivity index (χ3v) is 5.24. The van der Waals surface area contributed by atoms with Crippen molar-refractivity contribution in [3.63, 3.8) is 0 Å². The summed E-state index contributed by atoms with van der Waals surface area (Å²) in [4.78, 5) is 0. The van der Waals surface area contributed by atoms with Crippen LogP contribution < -0.4 is 0 Å².